The molecule has 1 saturated heterocycles. The Kier molecular flexibility index (Phi) is 4.63. The molecule has 1 atom stereocenters. The number of thioether (sulfide) groups is 1. The van der Waals surface area contributed by atoms with Crippen LogP contribution < -0.4 is 10.1 Å². The fraction of sp³-hybridized carbons (Fsp3) is 0.294. The number of pyridine rings is 1. The molecule has 2 heterocycles. The van der Waals surface area contributed by atoms with Crippen LogP contribution in [0.3, 0.4) is 0 Å². The third-order valence-electron chi connectivity index (χ3n) is 3.46. The van der Waals surface area contributed by atoms with E-state index in [1.165, 1.54) is 0 Å². The van der Waals surface area contributed by atoms with Crippen LogP contribution in [0.25, 0.3) is 0 Å². The van der Waals surface area contributed by atoms with Crippen molar-refractivity contribution in [1.82, 2.24) is 4.98 Å². The van der Waals surface area contributed by atoms with Crippen molar-refractivity contribution in [3.8, 4) is 5.88 Å². The second kappa shape index (κ2) is 6.83. The zero-order chi connectivity index (χ0) is 15.4. The minimum absolute atomic E-state index is 0.144. The van der Waals surface area contributed by atoms with Gasteiger partial charge in [-0.2, -0.15) is 11.8 Å². The summed E-state index contributed by atoms with van der Waals surface area (Å²) in [5.74, 6) is 2.28. The molecule has 4 nitrogen and oxygen atoms in total. The van der Waals surface area contributed by atoms with E-state index >= 15 is 0 Å². The Morgan fingerprint density at radius 2 is 2.27 bits per heavy atom. The number of hydrogen-bond donors (Lipinski definition) is 1. The second-order valence-corrected chi connectivity index (χ2v) is 6.43. The highest BCUT2D eigenvalue weighted by Crippen LogP contribution is 2.24. The van der Waals surface area contributed by atoms with E-state index in [0.29, 0.717) is 11.4 Å². The summed E-state index contributed by atoms with van der Waals surface area (Å²) in [6, 6.07) is 11.2. The Morgan fingerprint density at radius 3 is 3.05 bits per heavy atom. The van der Waals surface area contributed by atoms with Crippen molar-refractivity contribution in [3.05, 3.63) is 53.7 Å². The van der Waals surface area contributed by atoms with Crippen LogP contribution in [0, 0.1) is 6.92 Å². The molecule has 1 aromatic carbocycles. The number of amides is 1. The van der Waals surface area contributed by atoms with E-state index in [4.69, 9.17) is 4.74 Å². The lowest BCUT2D eigenvalue weighted by Gasteiger charge is -2.14. The van der Waals surface area contributed by atoms with Crippen molar-refractivity contribution >= 4 is 23.4 Å². The number of aromatic nitrogens is 1. The van der Waals surface area contributed by atoms with E-state index in [9.17, 15) is 4.79 Å². The second-order valence-electron chi connectivity index (χ2n) is 5.28. The van der Waals surface area contributed by atoms with Gasteiger partial charge in [-0.3, -0.25) is 4.79 Å². The summed E-state index contributed by atoms with van der Waals surface area (Å²) in [7, 11) is 0. The lowest BCUT2D eigenvalue weighted by Crippen LogP contribution is -2.20. The van der Waals surface area contributed by atoms with Crippen LogP contribution >= 0.6 is 11.8 Å². The van der Waals surface area contributed by atoms with Crippen LogP contribution in [0.1, 0.15) is 22.3 Å². The Bertz CT molecular complexity index is 669. The molecule has 5 heteroatoms. The Labute approximate surface area is 134 Å². The lowest BCUT2D eigenvalue weighted by molar-refractivity contribution is 0.101. The van der Waals surface area contributed by atoms with Gasteiger partial charge in [0.15, 0.2) is 0 Å². The van der Waals surface area contributed by atoms with Gasteiger partial charge in [0.2, 0.25) is 5.88 Å². The summed E-state index contributed by atoms with van der Waals surface area (Å²) in [6.07, 6.45) is 2.80. The first kappa shape index (κ1) is 14.9. The number of carbonyl (C=O) groups is 1. The molecule has 1 N–H and O–H groups in total. The predicted octanol–water partition coefficient (Wildman–Crippen LogP) is 3.53. The van der Waals surface area contributed by atoms with Crippen LogP contribution in [0.15, 0.2) is 42.6 Å². The summed E-state index contributed by atoms with van der Waals surface area (Å²) >= 11 is 1.87. The van der Waals surface area contributed by atoms with Crippen LogP contribution in [0.5, 0.6) is 5.88 Å². The molecule has 22 heavy (non-hydrogen) atoms. The molecule has 3 rings (SSSR count). The first-order chi connectivity index (χ1) is 10.7. The van der Waals surface area contributed by atoms with Gasteiger partial charge in [0.05, 0.1) is 0 Å². The van der Waals surface area contributed by atoms with Gasteiger partial charge in [-0.05, 0) is 48.9 Å². The number of aryl methyl sites for hydroxylation is 1. The Hall–Kier alpha value is -2.01. The van der Waals surface area contributed by atoms with E-state index in [-0.39, 0.29) is 12.0 Å². The number of rotatable bonds is 4. The first-order valence-electron chi connectivity index (χ1n) is 7.30. The zero-order valence-electron chi connectivity index (χ0n) is 12.4. The lowest BCUT2D eigenvalue weighted by atomic mass is 10.2. The van der Waals surface area contributed by atoms with E-state index < -0.39 is 0 Å². The molecule has 1 fully saturated rings. The summed E-state index contributed by atoms with van der Waals surface area (Å²) in [4.78, 5) is 16.7. The predicted molar refractivity (Wildman–Crippen MR) is 89.7 cm³/mol. The first-order valence-corrected chi connectivity index (χ1v) is 8.45. The van der Waals surface area contributed by atoms with Gasteiger partial charge in [-0.15, -0.1) is 0 Å². The number of hydrogen-bond acceptors (Lipinski definition) is 4. The molecule has 1 unspecified atom stereocenters. The van der Waals surface area contributed by atoms with E-state index in [0.717, 1.165) is 29.2 Å². The molecule has 2 aromatic rings. The van der Waals surface area contributed by atoms with E-state index in [1.54, 1.807) is 18.3 Å². The largest absolute Gasteiger partial charge is 0.473 e. The Morgan fingerprint density at radius 1 is 1.36 bits per heavy atom. The highest BCUT2D eigenvalue weighted by Gasteiger charge is 2.21. The summed E-state index contributed by atoms with van der Waals surface area (Å²) in [5.41, 5.74) is 2.35. The van der Waals surface area contributed by atoms with Gasteiger partial charge in [-0.25, -0.2) is 4.98 Å². The molecule has 0 spiro atoms. The fourth-order valence-corrected chi connectivity index (χ4v) is 3.44. The summed E-state index contributed by atoms with van der Waals surface area (Å²) in [6.45, 7) is 1.99. The summed E-state index contributed by atoms with van der Waals surface area (Å²) in [5, 5.41) is 2.90. The molecule has 0 saturated carbocycles. The zero-order valence-corrected chi connectivity index (χ0v) is 13.2. The van der Waals surface area contributed by atoms with Crippen molar-refractivity contribution < 1.29 is 9.53 Å². The van der Waals surface area contributed by atoms with Gasteiger partial charge in [0.25, 0.3) is 5.91 Å². The van der Waals surface area contributed by atoms with Crippen molar-refractivity contribution in [1.29, 1.82) is 0 Å². The monoisotopic (exact) mass is 314 g/mol. The molecule has 114 valence electrons. The van der Waals surface area contributed by atoms with Crippen LogP contribution in [0.2, 0.25) is 0 Å². The molecule has 1 aromatic heterocycles. The number of ether oxygens (including phenoxy) is 1. The SMILES string of the molecule is Cc1cccc(NC(=O)c2cccnc2OC2CCSC2)c1. The number of carbonyl (C=O) groups excluding carboxylic acids is 1. The van der Waals surface area contributed by atoms with Gasteiger partial charge in [0.1, 0.15) is 11.7 Å². The van der Waals surface area contributed by atoms with Gasteiger partial charge in [0, 0.05) is 17.6 Å². The number of nitrogens with zero attached hydrogens (tertiary/aromatic N) is 1. The molecular weight excluding hydrogens is 296 g/mol. The van der Waals surface area contributed by atoms with E-state index in [1.807, 2.05) is 43.0 Å². The molecule has 0 aliphatic carbocycles. The third-order valence-corrected chi connectivity index (χ3v) is 4.59. The average Bonchev–Trinajstić information content (AvgIpc) is 3.01. The van der Waals surface area contributed by atoms with Gasteiger partial charge < -0.3 is 10.1 Å². The van der Waals surface area contributed by atoms with Crippen LogP contribution in [0.4, 0.5) is 5.69 Å². The standard InChI is InChI=1S/C17H18N2O2S/c1-12-4-2-5-13(10-12)19-16(20)15-6-3-8-18-17(15)21-14-7-9-22-11-14/h2-6,8,10,14H,7,9,11H2,1H3,(H,19,20). The maximum Gasteiger partial charge on any atom is 0.261 e. The van der Waals surface area contributed by atoms with Gasteiger partial charge in [-0.1, -0.05) is 12.1 Å². The molecule has 1 aliphatic heterocycles. The number of nitrogens with one attached hydrogen (secondary N) is 1. The normalized spacial score (nSPS) is 17.2. The molecule has 0 radical (unpaired) electrons. The van der Waals surface area contributed by atoms with Crippen molar-refractivity contribution in [2.45, 2.75) is 19.4 Å². The third kappa shape index (κ3) is 3.60. The molecule has 1 amide bonds. The van der Waals surface area contributed by atoms with Crippen molar-refractivity contribution in [3.63, 3.8) is 0 Å². The van der Waals surface area contributed by atoms with Crippen molar-refractivity contribution in [2.24, 2.45) is 0 Å². The number of benzene rings is 1. The van der Waals surface area contributed by atoms with E-state index in [2.05, 4.69) is 10.3 Å². The van der Waals surface area contributed by atoms with Crippen molar-refractivity contribution in [2.75, 3.05) is 16.8 Å². The maximum absolute atomic E-state index is 12.5. The topological polar surface area (TPSA) is 51.2 Å². The quantitative estimate of drug-likeness (QED) is 0.938. The smallest absolute Gasteiger partial charge is 0.261 e. The molecular formula is C17H18N2O2S. The summed E-state index contributed by atoms with van der Waals surface area (Å²) < 4.78 is 5.90. The number of anilines is 1. The average molecular weight is 314 g/mol. The molecule has 1 aliphatic rings. The maximum atomic E-state index is 12.5. The fourth-order valence-electron chi connectivity index (χ4n) is 2.34. The molecule has 0 bridgehead atoms. The highest BCUT2D eigenvalue weighted by atomic mass is 32.2. The van der Waals surface area contributed by atoms with Gasteiger partial charge >= 0.3 is 0 Å². The highest BCUT2D eigenvalue weighted by molar-refractivity contribution is 7.99. The Balaban J connectivity index is 1.76. The minimum atomic E-state index is -0.195. The minimum Gasteiger partial charge on any atom is -0.473 e. The van der Waals surface area contributed by atoms with Crippen LogP contribution in [-0.4, -0.2) is 28.5 Å². The van der Waals surface area contributed by atoms with Crippen LogP contribution in [-0.2, 0) is 0 Å².